The average Bonchev–Trinajstić information content (AvgIpc) is 2.49. The molecule has 0 amide bonds. The molecule has 1 aliphatic rings. The van der Waals surface area contributed by atoms with E-state index in [0.717, 1.165) is 65.6 Å². The summed E-state index contributed by atoms with van der Waals surface area (Å²) in [6.45, 7) is 10.4. The molecule has 5 nitrogen and oxygen atoms in total. The maximum Gasteiger partial charge on any atom is 0.0589 e. The topological polar surface area (TPSA) is 43.0 Å². The highest BCUT2D eigenvalue weighted by Crippen LogP contribution is 2.29. The first-order valence-electron chi connectivity index (χ1n) is 7.75. The third-order valence-electron chi connectivity index (χ3n) is 3.94. The minimum atomic E-state index is 0.232. The molecule has 1 fully saturated rings. The van der Waals surface area contributed by atoms with Crippen LogP contribution in [0.5, 0.6) is 0 Å². The highest BCUT2D eigenvalue weighted by molar-refractivity contribution is 4.87. The van der Waals surface area contributed by atoms with Gasteiger partial charge in [0.05, 0.1) is 19.8 Å². The van der Waals surface area contributed by atoms with Gasteiger partial charge in [-0.1, -0.05) is 6.92 Å². The maximum absolute atomic E-state index is 5.76. The minimum absolute atomic E-state index is 0.232. The van der Waals surface area contributed by atoms with E-state index in [4.69, 9.17) is 14.2 Å². The molecule has 1 aliphatic heterocycles. The summed E-state index contributed by atoms with van der Waals surface area (Å²) < 4.78 is 16.2. The van der Waals surface area contributed by atoms with Crippen LogP contribution in [-0.2, 0) is 14.2 Å². The van der Waals surface area contributed by atoms with Crippen LogP contribution >= 0.6 is 0 Å². The van der Waals surface area contributed by atoms with Crippen LogP contribution in [0.1, 0.15) is 19.8 Å². The first-order valence-corrected chi connectivity index (χ1v) is 7.75. The van der Waals surface area contributed by atoms with E-state index in [9.17, 15) is 0 Å². The lowest BCUT2D eigenvalue weighted by atomic mass is 9.81. The average molecular weight is 288 g/mol. The Morgan fingerprint density at radius 1 is 1.20 bits per heavy atom. The van der Waals surface area contributed by atoms with Gasteiger partial charge in [0.1, 0.15) is 0 Å². The molecule has 0 spiro atoms. The second-order valence-corrected chi connectivity index (χ2v) is 5.70. The molecule has 0 aromatic carbocycles. The molecular weight excluding hydrogens is 256 g/mol. The molecule has 20 heavy (non-hydrogen) atoms. The zero-order valence-electron chi connectivity index (χ0n) is 13.5. The van der Waals surface area contributed by atoms with Gasteiger partial charge in [-0.15, -0.1) is 0 Å². The second-order valence-electron chi connectivity index (χ2n) is 5.70. The van der Waals surface area contributed by atoms with E-state index in [2.05, 4.69) is 17.1 Å². The number of nitrogens with one attached hydrogen (secondary N) is 1. The quantitative estimate of drug-likeness (QED) is 0.614. The van der Waals surface area contributed by atoms with Gasteiger partial charge in [0.2, 0.25) is 0 Å². The van der Waals surface area contributed by atoms with E-state index in [1.54, 1.807) is 14.2 Å². The highest BCUT2D eigenvalue weighted by Gasteiger charge is 2.34. The van der Waals surface area contributed by atoms with Gasteiger partial charge in [-0.05, 0) is 19.4 Å². The summed E-state index contributed by atoms with van der Waals surface area (Å²) in [6.07, 6.45) is 2.39. The van der Waals surface area contributed by atoms with Gasteiger partial charge in [-0.25, -0.2) is 0 Å². The third-order valence-corrected chi connectivity index (χ3v) is 3.94. The Morgan fingerprint density at radius 2 is 1.90 bits per heavy atom. The molecular formula is C15H32N2O3. The van der Waals surface area contributed by atoms with E-state index in [0.29, 0.717) is 0 Å². The zero-order chi connectivity index (χ0) is 14.7. The van der Waals surface area contributed by atoms with Crippen molar-refractivity contribution in [3.63, 3.8) is 0 Å². The first kappa shape index (κ1) is 17.9. The number of methoxy groups -OCH3 is 2. The van der Waals surface area contributed by atoms with Crippen molar-refractivity contribution in [2.24, 2.45) is 5.41 Å². The fourth-order valence-corrected chi connectivity index (χ4v) is 2.81. The standard InChI is InChI=1S/C15H32N2O3/c1-4-16-12-15(6-5-9-20-14-15)13-17(7-10-18-2)8-11-19-3/h16H,4-14H2,1-3H3. The summed E-state index contributed by atoms with van der Waals surface area (Å²) in [7, 11) is 3.51. The molecule has 1 rings (SSSR count). The number of ether oxygens (including phenoxy) is 3. The molecule has 1 heterocycles. The zero-order valence-corrected chi connectivity index (χ0v) is 13.5. The Morgan fingerprint density at radius 3 is 2.40 bits per heavy atom. The van der Waals surface area contributed by atoms with Crippen molar-refractivity contribution in [1.29, 1.82) is 0 Å². The van der Waals surface area contributed by atoms with E-state index < -0.39 is 0 Å². The molecule has 1 unspecified atom stereocenters. The van der Waals surface area contributed by atoms with Gasteiger partial charge in [-0.2, -0.15) is 0 Å². The number of hydrogen-bond donors (Lipinski definition) is 1. The van der Waals surface area contributed by atoms with Gasteiger partial charge < -0.3 is 19.5 Å². The summed E-state index contributed by atoms with van der Waals surface area (Å²) in [5, 5.41) is 3.51. The predicted molar refractivity (Wildman–Crippen MR) is 81.2 cm³/mol. The van der Waals surface area contributed by atoms with E-state index in [1.807, 2.05) is 0 Å². The van der Waals surface area contributed by atoms with Crippen molar-refractivity contribution < 1.29 is 14.2 Å². The van der Waals surface area contributed by atoms with Gasteiger partial charge in [-0.3, -0.25) is 4.90 Å². The van der Waals surface area contributed by atoms with Crippen LogP contribution in [0.3, 0.4) is 0 Å². The number of hydrogen-bond acceptors (Lipinski definition) is 5. The lowest BCUT2D eigenvalue weighted by Crippen LogP contribution is -2.50. The molecule has 5 heteroatoms. The van der Waals surface area contributed by atoms with Gasteiger partial charge in [0.15, 0.2) is 0 Å². The SMILES string of the molecule is CCNCC1(CN(CCOC)CCOC)CCCOC1. The molecule has 0 aromatic rings. The van der Waals surface area contributed by atoms with Crippen molar-refractivity contribution in [2.75, 3.05) is 73.4 Å². The normalized spacial score (nSPS) is 23.4. The molecule has 1 saturated heterocycles. The number of rotatable bonds is 11. The largest absolute Gasteiger partial charge is 0.383 e. The van der Waals surface area contributed by atoms with Crippen LogP contribution in [0, 0.1) is 5.41 Å². The van der Waals surface area contributed by atoms with Crippen LogP contribution in [0.15, 0.2) is 0 Å². The number of nitrogens with zero attached hydrogens (tertiary/aromatic N) is 1. The lowest BCUT2D eigenvalue weighted by molar-refractivity contribution is -0.0315. The summed E-state index contributed by atoms with van der Waals surface area (Å²) in [5.41, 5.74) is 0.232. The summed E-state index contributed by atoms with van der Waals surface area (Å²) >= 11 is 0. The Balaban J connectivity index is 2.56. The fraction of sp³-hybridized carbons (Fsp3) is 1.00. The summed E-state index contributed by atoms with van der Waals surface area (Å²) in [6, 6.07) is 0. The highest BCUT2D eigenvalue weighted by atomic mass is 16.5. The second kappa shape index (κ2) is 10.5. The summed E-state index contributed by atoms with van der Waals surface area (Å²) in [5.74, 6) is 0. The van der Waals surface area contributed by atoms with Gasteiger partial charge >= 0.3 is 0 Å². The Labute approximate surface area is 123 Å². The van der Waals surface area contributed by atoms with Crippen molar-refractivity contribution in [1.82, 2.24) is 10.2 Å². The smallest absolute Gasteiger partial charge is 0.0589 e. The first-order chi connectivity index (χ1) is 9.76. The molecule has 1 atom stereocenters. The van der Waals surface area contributed by atoms with Crippen LogP contribution in [0.2, 0.25) is 0 Å². The fourth-order valence-electron chi connectivity index (χ4n) is 2.81. The molecule has 0 aliphatic carbocycles. The lowest BCUT2D eigenvalue weighted by Gasteiger charge is -2.41. The van der Waals surface area contributed by atoms with E-state index >= 15 is 0 Å². The van der Waals surface area contributed by atoms with Crippen molar-refractivity contribution in [3.05, 3.63) is 0 Å². The minimum Gasteiger partial charge on any atom is -0.383 e. The van der Waals surface area contributed by atoms with E-state index in [-0.39, 0.29) is 5.41 Å². The van der Waals surface area contributed by atoms with Crippen LogP contribution in [0.25, 0.3) is 0 Å². The van der Waals surface area contributed by atoms with Gasteiger partial charge in [0, 0.05) is 52.4 Å². The molecule has 0 aromatic heterocycles. The molecule has 1 N–H and O–H groups in total. The van der Waals surface area contributed by atoms with Gasteiger partial charge in [0.25, 0.3) is 0 Å². The third kappa shape index (κ3) is 6.50. The monoisotopic (exact) mass is 288 g/mol. The molecule has 120 valence electrons. The Kier molecular flexibility index (Phi) is 9.39. The van der Waals surface area contributed by atoms with E-state index in [1.165, 1.54) is 6.42 Å². The summed E-state index contributed by atoms with van der Waals surface area (Å²) in [4.78, 5) is 2.44. The maximum atomic E-state index is 5.76. The molecule has 0 radical (unpaired) electrons. The van der Waals surface area contributed by atoms with Crippen molar-refractivity contribution in [3.8, 4) is 0 Å². The molecule has 0 bridgehead atoms. The van der Waals surface area contributed by atoms with Crippen molar-refractivity contribution in [2.45, 2.75) is 19.8 Å². The predicted octanol–water partition coefficient (Wildman–Crippen LogP) is 0.988. The van der Waals surface area contributed by atoms with Crippen LogP contribution in [0.4, 0.5) is 0 Å². The Hall–Kier alpha value is -0.200. The Bertz CT molecular complexity index is 225. The van der Waals surface area contributed by atoms with Crippen LogP contribution < -0.4 is 5.32 Å². The molecule has 0 saturated carbocycles. The van der Waals surface area contributed by atoms with Crippen LogP contribution in [-0.4, -0.2) is 78.3 Å². The van der Waals surface area contributed by atoms with Crippen molar-refractivity contribution >= 4 is 0 Å².